The zero-order chi connectivity index (χ0) is 10.0. The van der Waals surface area contributed by atoms with Crippen LogP contribution in [0, 0.1) is 0 Å². The number of rotatable bonds is 1. The van der Waals surface area contributed by atoms with Gasteiger partial charge in [-0.2, -0.15) is 0 Å². The van der Waals surface area contributed by atoms with Crippen molar-refractivity contribution < 1.29 is 0 Å². The molecule has 2 nitrogen and oxygen atoms in total. The molecule has 0 aromatic heterocycles. The van der Waals surface area contributed by atoms with E-state index in [2.05, 4.69) is 48.7 Å². The first-order chi connectivity index (χ1) is 6.73. The Hall–Kier alpha value is -1.02. The Morgan fingerprint density at radius 1 is 1.36 bits per heavy atom. The Labute approximate surface area is 85.7 Å². The fourth-order valence-electron chi connectivity index (χ4n) is 1.76. The van der Waals surface area contributed by atoms with Crippen molar-refractivity contribution in [3.8, 4) is 0 Å². The molecule has 2 heteroatoms. The van der Waals surface area contributed by atoms with Gasteiger partial charge in [-0.05, 0) is 25.0 Å². The molecule has 1 aliphatic heterocycles. The first-order valence-corrected chi connectivity index (χ1v) is 5.30. The second-order valence-electron chi connectivity index (χ2n) is 4.28. The van der Waals surface area contributed by atoms with Crippen molar-refractivity contribution in [2.75, 3.05) is 11.9 Å². The van der Waals surface area contributed by atoms with Crippen molar-refractivity contribution in [1.29, 1.82) is 0 Å². The lowest BCUT2D eigenvalue weighted by Crippen LogP contribution is -2.45. The molecule has 1 aliphatic rings. The Morgan fingerprint density at radius 2 is 2.14 bits per heavy atom. The van der Waals surface area contributed by atoms with Gasteiger partial charge >= 0.3 is 0 Å². The molecule has 76 valence electrons. The predicted molar refractivity (Wildman–Crippen MR) is 60.5 cm³/mol. The largest absolute Gasteiger partial charge is 0.383 e. The summed E-state index contributed by atoms with van der Waals surface area (Å²) in [6.45, 7) is 6.46. The number of para-hydroxylation sites is 1. The maximum Gasteiger partial charge on any atom is 0.0386 e. The van der Waals surface area contributed by atoms with Crippen LogP contribution in [0.5, 0.6) is 0 Å². The van der Waals surface area contributed by atoms with Gasteiger partial charge in [0.25, 0.3) is 0 Å². The fraction of sp³-hybridized carbons (Fsp3) is 0.500. The molecule has 0 radical (unpaired) electrons. The van der Waals surface area contributed by atoms with Crippen molar-refractivity contribution in [2.45, 2.75) is 32.4 Å². The average Bonchev–Trinajstić information content (AvgIpc) is 2.40. The lowest BCUT2D eigenvalue weighted by atomic mass is 9.99. The normalized spacial score (nSPS) is 26.1. The zero-order valence-corrected chi connectivity index (χ0v) is 8.93. The van der Waals surface area contributed by atoms with E-state index in [4.69, 9.17) is 0 Å². The molecule has 0 saturated carbocycles. The molecule has 0 spiro atoms. The fourth-order valence-corrected chi connectivity index (χ4v) is 1.76. The summed E-state index contributed by atoms with van der Waals surface area (Å²) in [4.78, 5) is 0. The van der Waals surface area contributed by atoms with Crippen LogP contribution in [0.15, 0.2) is 24.3 Å². The molecular weight excluding hydrogens is 172 g/mol. The lowest BCUT2D eigenvalue weighted by Gasteiger charge is -2.27. The standard InChI is InChI=1S/C12H18N2/c1-3-12(2)9-13-11-7-5-4-6-10(11)8-14-12/h4-7,13-14H,3,8-9H2,1-2H3/t12-/m1/s1. The highest BCUT2D eigenvalue weighted by molar-refractivity contribution is 5.52. The van der Waals surface area contributed by atoms with Crippen molar-refractivity contribution in [3.05, 3.63) is 29.8 Å². The molecule has 1 aromatic carbocycles. The minimum atomic E-state index is 0.221. The zero-order valence-electron chi connectivity index (χ0n) is 8.93. The SMILES string of the molecule is CC[C@]1(C)CNc2ccccc2CN1. The minimum absolute atomic E-state index is 0.221. The van der Waals surface area contributed by atoms with Crippen LogP contribution in [-0.2, 0) is 6.54 Å². The predicted octanol–water partition coefficient (Wildman–Crippen LogP) is 2.37. The van der Waals surface area contributed by atoms with E-state index in [1.54, 1.807) is 0 Å². The first-order valence-electron chi connectivity index (χ1n) is 5.30. The highest BCUT2D eigenvalue weighted by Gasteiger charge is 2.24. The van der Waals surface area contributed by atoms with E-state index in [1.165, 1.54) is 11.3 Å². The molecule has 0 aliphatic carbocycles. The maximum absolute atomic E-state index is 3.60. The van der Waals surface area contributed by atoms with Crippen molar-refractivity contribution in [3.63, 3.8) is 0 Å². The summed E-state index contributed by atoms with van der Waals surface area (Å²) in [5.74, 6) is 0. The third-order valence-corrected chi connectivity index (χ3v) is 3.17. The summed E-state index contributed by atoms with van der Waals surface area (Å²) in [5.41, 5.74) is 2.86. The molecule has 0 saturated heterocycles. The van der Waals surface area contributed by atoms with Crippen LogP contribution in [0.2, 0.25) is 0 Å². The number of benzene rings is 1. The van der Waals surface area contributed by atoms with Crippen LogP contribution in [0.1, 0.15) is 25.8 Å². The smallest absolute Gasteiger partial charge is 0.0386 e. The summed E-state index contributed by atoms with van der Waals surface area (Å²) in [6, 6.07) is 8.51. The summed E-state index contributed by atoms with van der Waals surface area (Å²) in [6.07, 6.45) is 1.15. The van der Waals surface area contributed by atoms with Crippen LogP contribution < -0.4 is 10.6 Å². The van der Waals surface area contributed by atoms with E-state index in [1.807, 2.05) is 0 Å². The van der Waals surface area contributed by atoms with Gasteiger partial charge in [-0.3, -0.25) is 0 Å². The molecule has 14 heavy (non-hydrogen) atoms. The van der Waals surface area contributed by atoms with Gasteiger partial charge in [0, 0.05) is 24.3 Å². The van der Waals surface area contributed by atoms with E-state index in [-0.39, 0.29) is 5.54 Å². The molecular formula is C12H18N2. The van der Waals surface area contributed by atoms with Gasteiger partial charge in [0.1, 0.15) is 0 Å². The number of nitrogens with one attached hydrogen (secondary N) is 2. The van der Waals surface area contributed by atoms with E-state index in [0.29, 0.717) is 0 Å². The van der Waals surface area contributed by atoms with Gasteiger partial charge in [-0.1, -0.05) is 25.1 Å². The van der Waals surface area contributed by atoms with E-state index in [9.17, 15) is 0 Å². The van der Waals surface area contributed by atoms with Gasteiger partial charge in [0.15, 0.2) is 0 Å². The molecule has 0 amide bonds. The molecule has 1 atom stereocenters. The topological polar surface area (TPSA) is 24.1 Å². The second kappa shape index (κ2) is 3.62. The minimum Gasteiger partial charge on any atom is -0.383 e. The summed E-state index contributed by atoms with van der Waals surface area (Å²) < 4.78 is 0. The van der Waals surface area contributed by atoms with Gasteiger partial charge in [-0.15, -0.1) is 0 Å². The van der Waals surface area contributed by atoms with Gasteiger partial charge < -0.3 is 10.6 Å². The number of anilines is 1. The summed E-state index contributed by atoms with van der Waals surface area (Å²) >= 11 is 0. The summed E-state index contributed by atoms with van der Waals surface area (Å²) in [7, 11) is 0. The lowest BCUT2D eigenvalue weighted by molar-refractivity contribution is 0.365. The molecule has 0 bridgehead atoms. The van der Waals surface area contributed by atoms with Gasteiger partial charge in [0.2, 0.25) is 0 Å². The van der Waals surface area contributed by atoms with Crippen molar-refractivity contribution in [1.82, 2.24) is 5.32 Å². The Bertz CT molecular complexity index is 293. The summed E-state index contributed by atoms with van der Waals surface area (Å²) in [5, 5.41) is 7.11. The third kappa shape index (κ3) is 1.75. The monoisotopic (exact) mass is 190 g/mol. The third-order valence-electron chi connectivity index (χ3n) is 3.17. The molecule has 1 heterocycles. The quantitative estimate of drug-likeness (QED) is 0.710. The highest BCUT2D eigenvalue weighted by Crippen LogP contribution is 2.21. The van der Waals surface area contributed by atoms with Crippen LogP contribution in [0.4, 0.5) is 5.69 Å². The van der Waals surface area contributed by atoms with Crippen LogP contribution in [0.25, 0.3) is 0 Å². The van der Waals surface area contributed by atoms with Crippen LogP contribution in [-0.4, -0.2) is 12.1 Å². The first kappa shape index (κ1) is 9.53. The Morgan fingerprint density at radius 3 is 2.93 bits per heavy atom. The van der Waals surface area contributed by atoms with Gasteiger partial charge in [-0.25, -0.2) is 0 Å². The van der Waals surface area contributed by atoms with E-state index < -0.39 is 0 Å². The molecule has 2 rings (SSSR count). The molecule has 0 fully saturated rings. The second-order valence-corrected chi connectivity index (χ2v) is 4.28. The maximum atomic E-state index is 3.60. The number of hydrogen-bond donors (Lipinski definition) is 2. The number of hydrogen-bond acceptors (Lipinski definition) is 2. The molecule has 2 N–H and O–H groups in total. The molecule has 1 aromatic rings. The van der Waals surface area contributed by atoms with Crippen LogP contribution >= 0.6 is 0 Å². The average molecular weight is 190 g/mol. The highest BCUT2D eigenvalue weighted by atomic mass is 15.1. The Kier molecular flexibility index (Phi) is 2.46. The van der Waals surface area contributed by atoms with Gasteiger partial charge in [0.05, 0.1) is 0 Å². The van der Waals surface area contributed by atoms with E-state index in [0.717, 1.165) is 19.5 Å². The molecule has 0 unspecified atom stereocenters. The van der Waals surface area contributed by atoms with Crippen molar-refractivity contribution in [2.24, 2.45) is 0 Å². The van der Waals surface area contributed by atoms with E-state index >= 15 is 0 Å². The van der Waals surface area contributed by atoms with Crippen LogP contribution in [0.3, 0.4) is 0 Å². The number of fused-ring (bicyclic) bond motifs is 1. The Balaban J connectivity index is 2.22. The van der Waals surface area contributed by atoms with Crippen molar-refractivity contribution >= 4 is 5.69 Å².